The molecule has 16 heavy (non-hydrogen) atoms. The maximum atomic E-state index is 5.56. The fraction of sp³-hybridized carbons (Fsp3) is 0.727. The zero-order valence-corrected chi connectivity index (χ0v) is 9.80. The van der Waals surface area contributed by atoms with Gasteiger partial charge in [0.25, 0.3) is 0 Å². The van der Waals surface area contributed by atoms with Gasteiger partial charge in [0, 0.05) is 32.9 Å². The number of anilines is 1. The lowest BCUT2D eigenvalue weighted by Crippen LogP contribution is -2.38. The second-order valence-electron chi connectivity index (χ2n) is 4.28. The fourth-order valence-corrected chi connectivity index (χ4v) is 2.11. The largest absolute Gasteiger partial charge is 0.382 e. The summed E-state index contributed by atoms with van der Waals surface area (Å²) in [6.07, 6.45) is 4.66. The van der Waals surface area contributed by atoms with Gasteiger partial charge in [-0.1, -0.05) is 0 Å². The smallest absolute Gasteiger partial charge is 0.145 e. The molecule has 1 aliphatic heterocycles. The number of aromatic nitrogens is 2. The van der Waals surface area contributed by atoms with Gasteiger partial charge in [-0.2, -0.15) is 5.10 Å². The van der Waals surface area contributed by atoms with E-state index in [2.05, 4.69) is 10.00 Å². The average molecular weight is 224 g/mol. The SMILES string of the molecule is COC1CCN(CCn2ccc(N)n2)CC1. The van der Waals surface area contributed by atoms with Gasteiger partial charge >= 0.3 is 0 Å². The van der Waals surface area contributed by atoms with Crippen molar-refractivity contribution >= 4 is 5.82 Å². The number of ether oxygens (including phenoxy) is 1. The molecule has 0 amide bonds. The summed E-state index contributed by atoms with van der Waals surface area (Å²) in [5, 5.41) is 4.17. The summed E-state index contributed by atoms with van der Waals surface area (Å²) in [6.45, 7) is 4.19. The molecule has 2 heterocycles. The van der Waals surface area contributed by atoms with E-state index in [4.69, 9.17) is 10.5 Å². The van der Waals surface area contributed by atoms with Crippen LogP contribution in [-0.4, -0.2) is 47.5 Å². The monoisotopic (exact) mass is 224 g/mol. The highest BCUT2D eigenvalue weighted by Gasteiger charge is 2.17. The molecular weight excluding hydrogens is 204 g/mol. The normalized spacial score (nSPS) is 19.1. The lowest BCUT2D eigenvalue weighted by molar-refractivity contribution is 0.0400. The van der Waals surface area contributed by atoms with Crippen LogP contribution in [0.3, 0.4) is 0 Å². The number of piperidine rings is 1. The van der Waals surface area contributed by atoms with Crippen molar-refractivity contribution in [2.75, 3.05) is 32.5 Å². The number of hydrogen-bond acceptors (Lipinski definition) is 4. The molecule has 0 atom stereocenters. The van der Waals surface area contributed by atoms with Gasteiger partial charge in [-0.3, -0.25) is 4.68 Å². The predicted octanol–water partition coefficient (Wildman–Crippen LogP) is 0.576. The van der Waals surface area contributed by atoms with Crippen LogP contribution in [0.25, 0.3) is 0 Å². The summed E-state index contributed by atoms with van der Waals surface area (Å²) < 4.78 is 7.25. The Hall–Kier alpha value is -1.07. The summed E-state index contributed by atoms with van der Waals surface area (Å²) in [5.41, 5.74) is 5.56. The van der Waals surface area contributed by atoms with Gasteiger partial charge in [-0.25, -0.2) is 0 Å². The number of likely N-dealkylation sites (tertiary alicyclic amines) is 1. The molecule has 1 saturated heterocycles. The van der Waals surface area contributed by atoms with Crippen LogP contribution in [0.4, 0.5) is 5.82 Å². The number of rotatable bonds is 4. The first-order valence-corrected chi connectivity index (χ1v) is 5.82. The summed E-state index contributed by atoms with van der Waals surface area (Å²) in [4.78, 5) is 2.45. The highest BCUT2D eigenvalue weighted by atomic mass is 16.5. The van der Waals surface area contributed by atoms with Gasteiger partial charge in [0.05, 0.1) is 12.6 Å². The van der Waals surface area contributed by atoms with Crippen molar-refractivity contribution in [1.82, 2.24) is 14.7 Å². The average Bonchev–Trinajstić information content (AvgIpc) is 2.73. The van der Waals surface area contributed by atoms with Crippen molar-refractivity contribution in [3.8, 4) is 0 Å². The topological polar surface area (TPSA) is 56.3 Å². The Balaban J connectivity index is 1.71. The standard InChI is InChI=1S/C11H20N4O/c1-16-10-2-5-14(6-3-10)8-9-15-7-4-11(12)13-15/h4,7,10H,2-3,5-6,8-9H2,1H3,(H2,12,13). The van der Waals surface area contributed by atoms with Crippen molar-refractivity contribution in [3.05, 3.63) is 12.3 Å². The minimum Gasteiger partial charge on any atom is -0.382 e. The quantitative estimate of drug-likeness (QED) is 0.812. The Morgan fingerprint density at radius 2 is 2.19 bits per heavy atom. The zero-order valence-electron chi connectivity index (χ0n) is 9.80. The molecule has 0 saturated carbocycles. The minimum atomic E-state index is 0.455. The number of methoxy groups -OCH3 is 1. The Bertz CT molecular complexity index is 318. The zero-order chi connectivity index (χ0) is 11.4. The van der Waals surface area contributed by atoms with Crippen LogP contribution in [0.2, 0.25) is 0 Å². The minimum absolute atomic E-state index is 0.455. The Morgan fingerprint density at radius 1 is 1.44 bits per heavy atom. The van der Waals surface area contributed by atoms with E-state index in [1.807, 2.05) is 16.9 Å². The van der Waals surface area contributed by atoms with Crippen LogP contribution < -0.4 is 5.73 Å². The summed E-state index contributed by atoms with van der Waals surface area (Å²) in [5.74, 6) is 0.595. The van der Waals surface area contributed by atoms with E-state index >= 15 is 0 Å². The maximum Gasteiger partial charge on any atom is 0.145 e. The highest BCUT2D eigenvalue weighted by molar-refractivity contribution is 5.23. The first-order valence-electron chi connectivity index (χ1n) is 5.82. The first kappa shape index (κ1) is 11.4. The Kier molecular flexibility index (Phi) is 3.79. The fourth-order valence-electron chi connectivity index (χ4n) is 2.11. The number of hydrogen-bond donors (Lipinski definition) is 1. The third kappa shape index (κ3) is 2.96. The molecule has 0 aromatic carbocycles. The molecule has 5 heteroatoms. The van der Waals surface area contributed by atoms with Crippen molar-refractivity contribution in [1.29, 1.82) is 0 Å². The van der Waals surface area contributed by atoms with E-state index in [0.29, 0.717) is 11.9 Å². The molecule has 2 N–H and O–H groups in total. The molecule has 0 spiro atoms. The van der Waals surface area contributed by atoms with E-state index in [-0.39, 0.29) is 0 Å². The van der Waals surface area contributed by atoms with Crippen molar-refractivity contribution in [2.45, 2.75) is 25.5 Å². The van der Waals surface area contributed by atoms with Crippen molar-refractivity contribution in [3.63, 3.8) is 0 Å². The van der Waals surface area contributed by atoms with Crippen LogP contribution in [0, 0.1) is 0 Å². The summed E-state index contributed by atoms with van der Waals surface area (Å²) in [6, 6.07) is 1.83. The molecule has 1 aliphatic rings. The Morgan fingerprint density at radius 3 is 2.75 bits per heavy atom. The van der Waals surface area contributed by atoms with E-state index in [1.54, 1.807) is 7.11 Å². The molecular formula is C11H20N4O. The molecule has 0 radical (unpaired) electrons. The van der Waals surface area contributed by atoms with Crippen LogP contribution in [0.15, 0.2) is 12.3 Å². The highest BCUT2D eigenvalue weighted by Crippen LogP contribution is 2.12. The summed E-state index contributed by atoms with van der Waals surface area (Å²) in [7, 11) is 1.80. The van der Waals surface area contributed by atoms with Gasteiger partial charge in [-0.05, 0) is 18.9 Å². The lowest BCUT2D eigenvalue weighted by Gasteiger charge is -2.30. The van der Waals surface area contributed by atoms with E-state index < -0.39 is 0 Å². The number of nitrogens with two attached hydrogens (primary N) is 1. The molecule has 1 aromatic rings. The van der Waals surface area contributed by atoms with E-state index in [9.17, 15) is 0 Å². The number of nitrogen functional groups attached to an aromatic ring is 1. The van der Waals surface area contributed by atoms with Crippen molar-refractivity contribution < 1.29 is 4.74 Å². The molecule has 5 nitrogen and oxygen atoms in total. The molecule has 0 bridgehead atoms. The Labute approximate surface area is 96.2 Å². The van der Waals surface area contributed by atoms with Crippen LogP contribution in [-0.2, 0) is 11.3 Å². The van der Waals surface area contributed by atoms with Gasteiger partial charge in [0.2, 0.25) is 0 Å². The lowest BCUT2D eigenvalue weighted by atomic mass is 10.1. The van der Waals surface area contributed by atoms with E-state index in [0.717, 1.165) is 39.0 Å². The van der Waals surface area contributed by atoms with Gasteiger partial charge in [-0.15, -0.1) is 0 Å². The van der Waals surface area contributed by atoms with Gasteiger partial charge < -0.3 is 15.4 Å². The summed E-state index contributed by atoms with van der Waals surface area (Å²) >= 11 is 0. The second kappa shape index (κ2) is 5.32. The van der Waals surface area contributed by atoms with Gasteiger partial charge in [0.1, 0.15) is 5.82 Å². The third-order valence-electron chi connectivity index (χ3n) is 3.17. The molecule has 2 rings (SSSR count). The molecule has 0 aliphatic carbocycles. The molecule has 0 unspecified atom stereocenters. The first-order chi connectivity index (χ1) is 7.78. The van der Waals surface area contributed by atoms with Crippen LogP contribution >= 0.6 is 0 Å². The molecule has 1 fully saturated rings. The number of nitrogens with zero attached hydrogens (tertiary/aromatic N) is 3. The van der Waals surface area contributed by atoms with Crippen LogP contribution in [0.5, 0.6) is 0 Å². The predicted molar refractivity (Wildman–Crippen MR) is 63.1 cm³/mol. The maximum absolute atomic E-state index is 5.56. The third-order valence-corrected chi connectivity index (χ3v) is 3.17. The van der Waals surface area contributed by atoms with Crippen LogP contribution in [0.1, 0.15) is 12.8 Å². The molecule has 90 valence electrons. The van der Waals surface area contributed by atoms with E-state index in [1.165, 1.54) is 0 Å². The second-order valence-corrected chi connectivity index (χ2v) is 4.28. The molecule has 1 aromatic heterocycles. The van der Waals surface area contributed by atoms with Crippen molar-refractivity contribution in [2.24, 2.45) is 0 Å². The van der Waals surface area contributed by atoms with Gasteiger partial charge in [0.15, 0.2) is 0 Å².